The summed E-state index contributed by atoms with van der Waals surface area (Å²) in [6.45, 7) is 3.11. The second-order valence-electron chi connectivity index (χ2n) is 5.87. The predicted molar refractivity (Wildman–Crippen MR) is 114 cm³/mol. The van der Waals surface area contributed by atoms with Gasteiger partial charge in [-0.2, -0.15) is 8.42 Å². The molecule has 7 nitrogen and oxygen atoms in total. The second-order valence-corrected chi connectivity index (χ2v) is 8.36. The molecule has 2 aromatic carbocycles. The van der Waals surface area contributed by atoms with Gasteiger partial charge < -0.3 is 10.1 Å². The molecular weight excluding hydrogens is 414 g/mol. The van der Waals surface area contributed by atoms with E-state index in [1.165, 1.54) is 31.0 Å². The number of carbonyl (C=O) groups excluding carboxylic acids is 2. The molecule has 0 unspecified atom stereocenters. The molecule has 0 bridgehead atoms. The summed E-state index contributed by atoms with van der Waals surface area (Å²) >= 11 is 1.28. The molecule has 2 rings (SSSR count). The zero-order valence-corrected chi connectivity index (χ0v) is 18.0. The topological polar surface area (TPSA) is 110 Å². The summed E-state index contributed by atoms with van der Waals surface area (Å²) in [7, 11) is -2.65. The van der Waals surface area contributed by atoms with Crippen LogP contribution in [-0.4, -0.2) is 50.0 Å². The third-order valence-corrected chi connectivity index (χ3v) is 5.35. The number of esters is 1. The third-order valence-electron chi connectivity index (χ3n) is 3.57. The molecule has 0 amide bonds. The maximum Gasteiger partial charge on any atom is 0.306 e. The fourth-order valence-electron chi connectivity index (χ4n) is 2.00. The second kappa shape index (κ2) is 13.1. The molecule has 0 saturated carbocycles. The summed E-state index contributed by atoms with van der Waals surface area (Å²) in [5.41, 5.74) is 1.68. The number of hydrogen-bond acceptors (Lipinski definition) is 7. The minimum absolute atomic E-state index is 0.0666. The first-order valence-electron chi connectivity index (χ1n) is 8.78. The quantitative estimate of drug-likeness (QED) is 0.367. The van der Waals surface area contributed by atoms with E-state index in [4.69, 9.17) is 4.55 Å². The Morgan fingerprint density at radius 3 is 2.21 bits per heavy atom. The Hall–Kier alpha value is -2.20. The van der Waals surface area contributed by atoms with E-state index in [9.17, 15) is 18.0 Å². The summed E-state index contributed by atoms with van der Waals surface area (Å²) < 4.78 is 34.1. The first-order chi connectivity index (χ1) is 13.7. The van der Waals surface area contributed by atoms with Crippen LogP contribution in [0.5, 0.6) is 0 Å². The molecule has 0 radical (unpaired) electrons. The zero-order valence-electron chi connectivity index (χ0n) is 16.3. The van der Waals surface area contributed by atoms with Crippen LogP contribution in [0.25, 0.3) is 0 Å². The lowest BCUT2D eigenvalue weighted by Crippen LogP contribution is -2.21. The average Bonchev–Trinajstić information content (AvgIpc) is 2.71. The highest BCUT2D eigenvalue weighted by Crippen LogP contribution is 2.11. The van der Waals surface area contributed by atoms with Gasteiger partial charge >= 0.3 is 5.97 Å². The highest BCUT2D eigenvalue weighted by Gasteiger charge is 2.07. The molecule has 0 fully saturated rings. The molecule has 0 aliphatic carbocycles. The highest BCUT2D eigenvalue weighted by atomic mass is 32.2. The van der Waals surface area contributed by atoms with E-state index in [0.29, 0.717) is 25.3 Å². The molecule has 0 aromatic heterocycles. The van der Waals surface area contributed by atoms with Gasteiger partial charge in [-0.25, -0.2) is 0 Å². The molecule has 0 aliphatic heterocycles. The van der Waals surface area contributed by atoms with Crippen LogP contribution >= 0.6 is 11.8 Å². The number of ether oxygens (including phenoxy) is 1. The van der Waals surface area contributed by atoms with Crippen LogP contribution in [0.3, 0.4) is 0 Å². The number of rotatable bonds is 8. The van der Waals surface area contributed by atoms with Crippen molar-refractivity contribution in [2.45, 2.75) is 18.2 Å². The van der Waals surface area contributed by atoms with E-state index in [1.54, 1.807) is 24.3 Å². The van der Waals surface area contributed by atoms with Gasteiger partial charge in [0.25, 0.3) is 10.1 Å². The van der Waals surface area contributed by atoms with Gasteiger partial charge in [-0.05, 0) is 19.1 Å². The van der Waals surface area contributed by atoms with Gasteiger partial charge in [0.15, 0.2) is 0 Å². The minimum Gasteiger partial charge on any atom is -0.469 e. The van der Waals surface area contributed by atoms with Crippen molar-refractivity contribution in [3.63, 3.8) is 0 Å². The molecular formula is C20H25NO6S2. The summed E-state index contributed by atoms with van der Waals surface area (Å²) in [6, 6.07) is 15.2. The Kier molecular flexibility index (Phi) is 11.2. The van der Waals surface area contributed by atoms with Crippen LogP contribution in [0, 0.1) is 6.92 Å². The fourth-order valence-corrected chi connectivity index (χ4v) is 3.22. The van der Waals surface area contributed by atoms with Crippen molar-refractivity contribution >= 4 is 33.0 Å². The molecule has 29 heavy (non-hydrogen) atoms. The minimum atomic E-state index is -4.02. The Bertz CT molecular complexity index is 868. The van der Waals surface area contributed by atoms with E-state index < -0.39 is 10.1 Å². The number of thioether (sulfide) groups is 1. The summed E-state index contributed by atoms with van der Waals surface area (Å²) in [5.74, 6) is 0.463. The molecule has 2 aromatic rings. The van der Waals surface area contributed by atoms with Gasteiger partial charge in [-0.3, -0.25) is 14.1 Å². The average molecular weight is 440 g/mol. The van der Waals surface area contributed by atoms with Crippen LogP contribution in [0.2, 0.25) is 0 Å². The lowest BCUT2D eigenvalue weighted by molar-refractivity contribution is -0.140. The van der Waals surface area contributed by atoms with Crippen molar-refractivity contribution in [2.24, 2.45) is 0 Å². The van der Waals surface area contributed by atoms with Crippen molar-refractivity contribution < 1.29 is 27.3 Å². The van der Waals surface area contributed by atoms with Crippen molar-refractivity contribution in [2.75, 3.05) is 26.0 Å². The van der Waals surface area contributed by atoms with Crippen molar-refractivity contribution in [1.29, 1.82) is 0 Å². The van der Waals surface area contributed by atoms with Crippen LogP contribution in [0.15, 0.2) is 59.5 Å². The molecule has 9 heteroatoms. The largest absolute Gasteiger partial charge is 0.469 e. The normalized spacial score (nSPS) is 10.6. The monoisotopic (exact) mass is 439 g/mol. The SMILES string of the molecule is COC(=O)CCNCCSC(=O)c1ccccc1.Cc1ccc(S(=O)(=O)O)cc1. The fraction of sp³-hybridized carbons (Fsp3) is 0.300. The molecule has 0 heterocycles. The Morgan fingerprint density at radius 2 is 1.66 bits per heavy atom. The van der Waals surface area contributed by atoms with Gasteiger partial charge in [0.1, 0.15) is 0 Å². The van der Waals surface area contributed by atoms with Crippen LogP contribution in [0.4, 0.5) is 0 Å². The maximum absolute atomic E-state index is 11.7. The van der Waals surface area contributed by atoms with Crippen molar-refractivity contribution in [3.8, 4) is 0 Å². The van der Waals surface area contributed by atoms with Crippen LogP contribution in [0.1, 0.15) is 22.3 Å². The van der Waals surface area contributed by atoms with Crippen molar-refractivity contribution in [1.82, 2.24) is 5.32 Å². The number of hydrogen-bond donors (Lipinski definition) is 2. The van der Waals surface area contributed by atoms with Crippen LogP contribution < -0.4 is 5.32 Å². The Balaban J connectivity index is 0.000000326. The van der Waals surface area contributed by atoms with E-state index in [-0.39, 0.29) is 16.0 Å². The summed E-state index contributed by atoms with van der Waals surface area (Å²) in [6.07, 6.45) is 0.355. The summed E-state index contributed by atoms with van der Waals surface area (Å²) in [4.78, 5) is 22.4. The van der Waals surface area contributed by atoms with Gasteiger partial charge in [-0.1, -0.05) is 59.8 Å². The van der Waals surface area contributed by atoms with Gasteiger partial charge in [0.2, 0.25) is 5.12 Å². The smallest absolute Gasteiger partial charge is 0.306 e. The van der Waals surface area contributed by atoms with Gasteiger partial charge in [0.05, 0.1) is 18.4 Å². The molecule has 158 valence electrons. The lowest BCUT2D eigenvalue weighted by Gasteiger charge is -2.03. The van der Waals surface area contributed by atoms with E-state index >= 15 is 0 Å². The molecule has 0 aliphatic rings. The lowest BCUT2D eigenvalue weighted by atomic mass is 10.2. The summed E-state index contributed by atoms with van der Waals surface area (Å²) in [5, 5.41) is 3.16. The highest BCUT2D eigenvalue weighted by molar-refractivity contribution is 8.14. The first kappa shape index (κ1) is 24.8. The number of carbonyl (C=O) groups is 2. The van der Waals surface area contributed by atoms with Crippen LogP contribution in [-0.2, 0) is 19.6 Å². The predicted octanol–water partition coefficient (Wildman–Crippen LogP) is 2.95. The molecule has 0 spiro atoms. The standard InChI is InChI=1S/C13H17NO3S.C7H8O3S/c1-17-12(15)7-8-14-9-10-18-13(16)11-5-3-2-4-6-11;1-6-2-4-7(5-3-6)11(8,9)10/h2-6,14H,7-10H2,1H3;2-5H,1H3,(H,8,9,10). The first-order valence-corrected chi connectivity index (χ1v) is 11.2. The molecule has 0 atom stereocenters. The van der Waals surface area contributed by atoms with E-state index in [2.05, 4.69) is 10.1 Å². The zero-order chi connectivity index (χ0) is 21.7. The van der Waals surface area contributed by atoms with Gasteiger partial charge in [-0.15, -0.1) is 0 Å². The maximum atomic E-state index is 11.7. The number of aryl methyl sites for hydroxylation is 1. The van der Waals surface area contributed by atoms with E-state index in [0.717, 1.165) is 11.1 Å². The number of methoxy groups -OCH3 is 1. The van der Waals surface area contributed by atoms with E-state index in [1.807, 2.05) is 25.1 Å². The van der Waals surface area contributed by atoms with Crippen molar-refractivity contribution in [3.05, 3.63) is 65.7 Å². The number of benzene rings is 2. The Labute approximate surface area is 175 Å². The molecule has 0 saturated heterocycles. The third kappa shape index (κ3) is 10.8. The van der Waals surface area contributed by atoms with Gasteiger partial charge in [0, 0.05) is 24.4 Å². The Morgan fingerprint density at radius 1 is 1.03 bits per heavy atom. The molecule has 2 N–H and O–H groups in total. The number of nitrogens with one attached hydrogen (secondary N) is 1.